The average molecular weight is 323 g/mol. The molecule has 2 aromatic rings. The van der Waals surface area contributed by atoms with Crippen molar-refractivity contribution in [3.63, 3.8) is 0 Å². The first kappa shape index (κ1) is 14.0. The number of carbonyl (C=O) groups excluding carboxylic acids is 1. The Morgan fingerprint density at radius 2 is 2.05 bits per heavy atom. The third-order valence-corrected chi connectivity index (χ3v) is 4.73. The molecular formula is C14H11ClN2O3S. The fourth-order valence-electron chi connectivity index (χ4n) is 2.46. The summed E-state index contributed by atoms with van der Waals surface area (Å²) in [4.78, 5) is 29.5. The van der Waals surface area contributed by atoms with Gasteiger partial charge in [0.2, 0.25) is 0 Å². The van der Waals surface area contributed by atoms with Crippen LogP contribution in [0.2, 0.25) is 5.15 Å². The number of thiazole rings is 1. The molecule has 0 bridgehead atoms. The second-order valence-corrected chi connectivity index (χ2v) is 5.94. The zero-order valence-electron chi connectivity index (χ0n) is 10.8. The van der Waals surface area contributed by atoms with Crippen molar-refractivity contribution in [1.29, 1.82) is 0 Å². The summed E-state index contributed by atoms with van der Waals surface area (Å²) in [6.45, 7) is 0.264. The molecule has 1 amide bonds. The Kier molecular flexibility index (Phi) is 3.65. The average Bonchev–Trinajstić information content (AvgIpc) is 2.91. The molecule has 0 saturated heterocycles. The summed E-state index contributed by atoms with van der Waals surface area (Å²) < 4.78 is 0. The van der Waals surface area contributed by atoms with E-state index < -0.39 is 12.0 Å². The number of halogens is 1. The molecule has 1 aromatic heterocycles. The number of hydrogen-bond acceptors (Lipinski definition) is 4. The predicted octanol–water partition coefficient (Wildman–Crippen LogP) is 2.45. The van der Waals surface area contributed by atoms with Gasteiger partial charge in [0.05, 0.1) is 5.51 Å². The maximum absolute atomic E-state index is 12.6. The zero-order valence-corrected chi connectivity index (χ0v) is 12.4. The first-order valence-corrected chi connectivity index (χ1v) is 7.53. The fraction of sp³-hybridized carbons (Fsp3) is 0.214. The Morgan fingerprint density at radius 3 is 2.67 bits per heavy atom. The number of nitrogens with zero attached hydrogens (tertiary/aromatic N) is 2. The second-order valence-electron chi connectivity index (χ2n) is 4.73. The summed E-state index contributed by atoms with van der Waals surface area (Å²) in [5, 5.41) is 9.53. The minimum atomic E-state index is -1.02. The standard InChI is InChI=1S/C14H11ClN2O3S/c15-12-11(21-7-16-12)13(18)17-6-9-4-2-1-3-8(9)5-10(17)14(19)20/h1-4,7,10H,5-6H2,(H,19,20)/t10-/m1/s1. The molecule has 1 N–H and O–H groups in total. The van der Waals surface area contributed by atoms with Gasteiger partial charge in [-0.05, 0) is 11.1 Å². The molecular weight excluding hydrogens is 312 g/mol. The number of amides is 1. The molecule has 3 rings (SSSR count). The molecule has 0 spiro atoms. The van der Waals surface area contributed by atoms with Crippen LogP contribution in [0.15, 0.2) is 29.8 Å². The molecule has 1 atom stereocenters. The van der Waals surface area contributed by atoms with Crippen molar-refractivity contribution in [1.82, 2.24) is 9.88 Å². The highest BCUT2D eigenvalue weighted by Gasteiger charge is 2.36. The van der Waals surface area contributed by atoms with Crippen LogP contribution in [0.25, 0.3) is 0 Å². The van der Waals surface area contributed by atoms with E-state index in [1.807, 2.05) is 24.3 Å². The van der Waals surface area contributed by atoms with Crippen LogP contribution in [0, 0.1) is 0 Å². The first-order chi connectivity index (χ1) is 10.1. The van der Waals surface area contributed by atoms with Gasteiger partial charge in [0.25, 0.3) is 5.91 Å². The quantitative estimate of drug-likeness (QED) is 0.922. The normalized spacial score (nSPS) is 17.4. The number of fused-ring (bicyclic) bond motifs is 1. The highest BCUT2D eigenvalue weighted by Crippen LogP contribution is 2.28. The summed E-state index contributed by atoms with van der Waals surface area (Å²) in [5.41, 5.74) is 3.40. The van der Waals surface area contributed by atoms with Crippen LogP contribution in [0.3, 0.4) is 0 Å². The summed E-state index contributed by atoms with van der Waals surface area (Å²) in [5.74, 6) is -1.40. The Balaban J connectivity index is 1.98. The minimum Gasteiger partial charge on any atom is -0.480 e. The van der Waals surface area contributed by atoms with Gasteiger partial charge in [0.15, 0.2) is 5.15 Å². The van der Waals surface area contributed by atoms with Crippen LogP contribution in [0.5, 0.6) is 0 Å². The number of carboxylic acids is 1. The topological polar surface area (TPSA) is 70.5 Å². The van der Waals surface area contributed by atoms with E-state index in [0.717, 1.165) is 22.5 Å². The number of aromatic nitrogens is 1. The molecule has 1 aliphatic rings. The molecule has 0 saturated carbocycles. The van der Waals surface area contributed by atoms with Crippen molar-refractivity contribution >= 4 is 34.8 Å². The number of benzene rings is 1. The maximum Gasteiger partial charge on any atom is 0.326 e. The second kappa shape index (κ2) is 5.46. The molecule has 1 aliphatic heterocycles. The lowest BCUT2D eigenvalue weighted by Gasteiger charge is -2.34. The van der Waals surface area contributed by atoms with Crippen molar-refractivity contribution < 1.29 is 14.7 Å². The van der Waals surface area contributed by atoms with Gasteiger partial charge in [0.1, 0.15) is 10.9 Å². The molecule has 108 valence electrons. The van der Waals surface area contributed by atoms with E-state index in [9.17, 15) is 14.7 Å². The van der Waals surface area contributed by atoms with Crippen LogP contribution < -0.4 is 0 Å². The van der Waals surface area contributed by atoms with Gasteiger partial charge in [-0.15, -0.1) is 11.3 Å². The van der Waals surface area contributed by atoms with Crippen LogP contribution in [-0.4, -0.2) is 32.9 Å². The van der Waals surface area contributed by atoms with Gasteiger partial charge in [0, 0.05) is 13.0 Å². The van der Waals surface area contributed by atoms with Crippen LogP contribution in [-0.2, 0) is 17.8 Å². The summed E-state index contributed by atoms with van der Waals surface area (Å²) in [6, 6.07) is 6.66. The SMILES string of the molecule is O=C(O)[C@H]1Cc2ccccc2CN1C(=O)c1scnc1Cl. The smallest absolute Gasteiger partial charge is 0.326 e. The molecule has 2 heterocycles. The van der Waals surface area contributed by atoms with E-state index >= 15 is 0 Å². The van der Waals surface area contributed by atoms with E-state index in [0.29, 0.717) is 6.42 Å². The molecule has 0 fully saturated rings. The fourth-order valence-corrected chi connectivity index (χ4v) is 3.41. The summed E-state index contributed by atoms with van der Waals surface area (Å²) >= 11 is 7.00. The van der Waals surface area contributed by atoms with Crippen molar-refractivity contribution in [3.05, 3.63) is 50.9 Å². The third-order valence-electron chi connectivity index (χ3n) is 3.51. The van der Waals surface area contributed by atoms with Gasteiger partial charge in [-0.2, -0.15) is 0 Å². The van der Waals surface area contributed by atoms with Crippen LogP contribution in [0.4, 0.5) is 0 Å². The number of aliphatic carboxylic acids is 1. The monoisotopic (exact) mass is 322 g/mol. The Labute approximate surface area is 129 Å². The molecule has 7 heteroatoms. The number of rotatable bonds is 2. The molecule has 0 aliphatic carbocycles. The Morgan fingerprint density at radius 1 is 1.33 bits per heavy atom. The van der Waals surface area contributed by atoms with Crippen molar-refractivity contribution in [3.8, 4) is 0 Å². The maximum atomic E-state index is 12.6. The summed E-state index contributed by atoms with van der Waals surface area (Å²) in [7, 11) is 0. The third kappa shape index (κ3) is 2.52. The van der Waals surface area contributed by atoms with Gasteiger partial charge >= 0.3 is 5.97 Å². The highest BCUT2D eigenvalue weighted by atomic mass is 35.5. The van der Waals surface area contributed by atoms with Crippen molar-refractivity contribution in [2.75, 3.05) is 0 Å². The minimum absolute atomic E-state index is 0.119. The molecule has 21 heavy (non-hydrogen) atoms. The number of carbonyl (C=O) groups is 2. The lowest BCUT2D eigenvalue weighted by Crippen LogP contribution is -2.48. The van der Waals surface area contributed by atoms with Crippen LogP contribution in [0.1, 0.15) is 20.8 Å². The van der Waals surface area contributed by atoms with Gasteiger partial charge in [-0.3, -0.25) is 4.79 Å². The summed E-state index contributed by atoms with van der Waals surface area (Å²) in [6.07, 6.45) is 0.299. The van der Waals surface area contributed by atoms with E-state index in [-0.39, 0.29) is 22.5 Å². The molecule has 5 nitrogen and oxygen atoms in total. The van der Waals surface area contributed by atoms with E-state index in [1.54, 1.807) is 0 Å². The number of hydrogen-bond donors (Lipinski definition) is 1. The van der Waals surface area contributed by atoms with Crippen LogP contribution >= 0.6 is 22.9 Å². The van der Waals surface area contributed by atoms with Gasteiger partial charge in [-0.1, -0.05) is 35.9 Å². The Bertz CT molecular complexity index is 716. The predicted molar refractivity (Wildman–Crippen MR) is 78.6 cm³/mol. The van der Waals surface area contributed by atoms with E-state index in [4.69, 9.17) is 11.6 Å². The van der Waals surface area contributed by atoms with E-state index in [2.05, 4.69) is 4.98 Å². The van der Waals surface area contributed by atoms with Crippen molar-refractivity contribution in [2.24, 2.45) is 0 Å². The first-order valence-electron chi connectivity index (χ1n) is 6.27. The zero-order chi connectivity index (χ0) is 15.0. The highest BCUT2D eigenvalue weighted by molar-refractivity contribution is 7.12. The largest absolute Gasteiger partial charge is 0.480 e. The number of carboxylic acid groups (broad SMARTS) is 1. The van der Waals surface area contributed by atoms with Gasteiger partial charge in [-0.25, -0.2) is 9.78 Å². The van der Waals surface area contributed by atoms with Gasteiger partial charge < -0.3 is 10.0 Å². The van der Waals surface area contributed by atoms with Crippen molar-refractivity contribution in [2.45, 2.75) is 19.0 Å². The lowest BCUT2D eigenvalue weighted by atomic mass is 9.94. The van der Waals surface area contributed by atoms with E-state index in [1.165, 1.54) is 10.4 Å². The Hall–Kier alpha value is -1.92. The molecule has 0 unspecified atom stereocenters. The molecule has 0 radical (unpaired) electrons. The lowest BCUT2D eigenvalue weighted by molar-refractivity contribution is -0.142. The molecule has 1 aromatic carbocycles.